The highest BCUT2D eigenvalue weighted by molar-refractivity contribution is 9.10. The minimum absolute atomic E-state index is 0.0550. The zero-order valence-electron chi connectivity index (χ0n) is 12.3. The molecular formula is C16H12BrN3O4. The lowest BCUT2D eigenvalue weighted by atomic mass is 10.2. The maximum Gasteiger partial charge on any atom is 0.328 e. The molecule has 2 N–H and O–H groups in total. The Morgan fingerprint density at radius 3 is 2.62 bits per heavy atom. The predicted octanol–water partition coefficient (Wildman–Crippen LogP) is 2.19. The number of H-pyrrole nitrogens is 1. The van der Waals surface area contributed by atoms with E-state index in [0.717, 1.165) is 15.2 Å². The number of aromatic amines is 1. The first kappa shape index (κ1) is 16.0. The van der Waals surface area contributed by atoms with Crippen molar-refractivity contribution in [3.8, 4) is 0 Å². The summed E-state index contributed by atoms with van der Waals surface area (Å²) in [7, 11) is 0. The number of hydrogen-bond acceptors (Lipinski definition) is 4. The average molecular weight is 390 g/mol. The fraction of sp³-hybridized carbons (Fsp3) is 0.0625. The van der Waals surface area contributed by atoms with Crippen LogP contribution in [0.25, 0.3) is 0 Å². The molecule has 3 rings (SSSR count). The van der Waals surface area contributed by atoms with Crippen LogP contribution >= 0.6 is 15.9 Å². The van der Waals surface area contributed by atoms with Crippen molar-refractivity contribution in [3.63, 3.8) is 0 Å². The van der Waals surface area contributed by atoms with Crippen LogP contribution in [0.15, 0.2) is 67.3 Å². The Morgan fingerprint density at radius 2 is 1.96 bits per heavy atom. The van der Waals surface area contributed by atoms with Crippen LogP contribution in [-0.4, -0.2) is 15.5 Å². The average Bonchev–Trinajstić information content (AvgIpc) is 3.06. The molecule has 1 amide bonds. The van der Waals surface area contributed by atoms with E-state index < -0.39 is 17.2 Å². The Labute approximate surface area is 144 Å². The molecule has 122 valence electrons. The number of nitrogens with zero attached hydrogens (tertiary/aromatic N) is 1. The topological polar surface area (TPSA) is 97.1 Å². The third kappa shape index (κ3) is 3.38. The first-order valence-electron chi connectivity index (χ1n) is 6.96. The van der Waals surface area contributed by atoms with Gasteiger partial charge >= 0.3 is 5.69 Å². The van der Waals surface area contributed by atoms with Gasteiger partial charge < -0.3 is 14.7 Å². The van der Waals surface area contributed by atoms with Gasteiger partial charge in [0, 0.05) is 16.4 Å². The summed E-state index contributed by atoms with van der Waals surface area (Å²) in [6.07, 6.45) is 2.55. The Balaban J connectivity index is 1.90. The Bertz CT molecular complexity index is 972. The molecule has 2 aromatic heterocycles. The lowest BCUT2D eigenvalue weighted by Crippen LogP contribution is -2.39. The lowest BCUT2D eigenvalue weighted by molar-refractivity contribution is 0.102. The maximum absolute atomic E-state index is 12.4. The number of rotatable bonds is 4. The van der Waals surface area contributed by atoms with E-state index in [1.54, 1.807) is 36.4 Å². The summed E-state index contributed by atoms with van der Waals surface area (Å²) >= 11 is 3.30. The monoisotopic (exact) mass is 389 g/mol. The molecule has 0 saturated carbocycles. The summed E-state index contributed by atoms with van der Waals surface area (Å²) in [5.41, 5.74) is -0.934. The molecule has 1 aromatic carbocycles. The number of hydrogen-bond donors (Lipinski definition) is 2. The van der Waals surface area contributed by atoms with Gasteiger partial charge in [0.2, 0.25) is 0 Å². The Hall–Kier alpha value is -2.87. The quantitative estimate of drug-likeness (QED) is 0.714. The summed E-state index contributed by atoms with van der Waals surface area (Å²) in [6.45, 7) is -0.0550. The van der Waals surface area contributed by atoms with Gasteiger partial charge in [-0.1, -0.05) is 15.9 Å². The summed E-state index contributed by atoms with van der Waals surface area (Å²) in [6, 6.07) is 10.2. The van der Waals surface area contributed by atoms with E-state index in [0.29, 0.717) is 11.4 Å². The molecular weight excluding hydrogens is 378 g/mol. The molecule has 0 saturated heterocycles. The van der Waals surface area contributed by atoms with Crippen molar-refractivity contribution < 1.29 is 9.21 Å². The second-order valence-electron chi connectivity index (χ2n) is 4.94. The van der Waals surface area contributed by atoms with E-state index in [1.165, 1.54) is 6.26 Å². The van der Waals surface area contributed by atoms with Crippen LogP contribution in [0.3, 0.4) is 0 Å². The second kappa shape index (κ2) is 6.71. The fourth-order valence-corrected chi connectivity index (χ4v) is 2.37. The molecule has 0 aliphatic carbocycles. The van der Waals surface area contributed by atoms with Gasteiger partial charge in [0.05, 0.1) is 12.8 Å². The van der Waals surface area contributed by atoms with Crippen LogP contribution in [-0.2, 0) is 6.54 Å². The molecule has 0 bridgehead atoms. The van der Waals surface area contributed by atoms with Gasteiger partial charge in [-0.2, -0.15) is 0 Å². The van der Waals surface area contributed by atoms with E-state index in [9.17, 15) is 14.4 Å². The molecule has 2 heterocycles. The molecule has 0 spiro atoms. The number of carbonyl (C=O) groups is 1. The third-order valence-electron chi connectivity index (χ3n) is 3.30. The van der Waals surface area contributed by atoms with Crippen LogP contribution in [0.5, 0.6) is 0 Å². The molecule has 0 fully saturated rings. The standard InChI is InChI=1S/C16H12BrN3O4/c17-10-3-5-11(6-4-10)19-14(21)13-8-18-16(23)20(15(13)22)9-12-2-1-7-24-12/h1-8H,9H2,(H,18,23)(H,19,21). The lowest BCUT2D eigenvalue weighted by Gasteiger charge is -2.07. The third-order valence-corrected chi connectivity index (χ3v) is 3.83. The maximum atomic E-state index is 12.4. The van der Waals surface area contributed by atoms with Gasteiger partial charge in [0.25, 0.3) is 11.5 Å². The summed E-state index contributed by atoms with van der Waals surface area (Å²) in [5, 5.41) is 2.61. The number of carbonyl (C=O) groups excluding carboxylic acids is 1. The van der Waals surface area contributed by atoms with Crippen LogP contribution in [0.4, 0.5) is 5.69 Å². The van der Waals surface area contributed by atoms with Crippen molar-refractivity contribution in [1.29, 1.82) is 0 Å². The number of furan rings is 1. The molecule has 0 aliphatic heterocycles. The summed E-state index contributed by atoms with van der Waals surface area (Å²) in [4.78, 5) is 39.0. The molecule has 0 atom stereocenters. The Morgan fingerprint density at radius 1 is 1.21 bits per heavy atom. The summed E-state index contributed by atoms with van der Waals surface area (Å²) in [5.74, 6) is -0.167. The van der Waals surface area contributed by atoms with Gasteiger partial charge in [-0.25, -0.2) is 4.79 Å². The molecule has 0 aliphatic rings. The molecule has 0 radical (unpaired) electrons. The van der Waals surface area contributed by atoms with Crippen molar-refractivity contribution in [3.05, 3.63) is 85.5 Å². The minimum Gasteiger partial charge on any atom is -0.467 e. The van der Waals surface area contributed by atoms with Crippen molar-refractivity contribution in [2.24, 2.45) is 0 Å². The van der Waals surface area contributed by atoms with Crippen LogP contribution in [0.2, 0.25) is 0 Å². The number of aromatic nitrogens is 2. The molecule has 7 nitrogen and oxygen atoms in total. The van der Waals surface area contributed by atoms with Crippen LogP contribution in [0, 0.1) is 0 Å². The van der Waals surface area contributed by atoms with Crippen molar-refractivity contribution in [2.75, 3.05) is 5.32 Å². The SMILES string of the molecule is O=C(Nc1ccc(Br)cc1)c1c[nH]c(=O)n(Cc2ccco2)c1=O. The van der Waals surface area contributed by atoms with Gasteiger partial charge in [-0.05, 0) is 36.4 Å². The van der Waals surface area contributed by atoms with Crippen LogP contribution < -0.4 is 16.6 Å². The smallest absolute Gasteiger partial charge is 0.328 e. The normalized spacial score (nSPS) is 10.5. The van der Waals surface area contributed by atoms with Gasteiger partial charge in [0.1, 0.15) is 11.3 Å². The molecule has 24 heavy (non-hydrogen) atoms. The molecule has 8 heteroatoms. The highest BCUT2D eigenvalue weighted by atomic mass is 79.9. The number of benzene rings is 1. The van der Waals surface area contributed by atoms with E-state index in [4.69, 9.17) is 4.42 Å². The number of anilines is 1. The summed E-state index contributed by atoms with van der Waals surface area (Å²) < 4.78 is 6.92. The highest BCUT2D eigenvalue weighted by Crippen LogP contribution is 2.14. The first-order valence-corrected chi connectivity index (χ1v) is 7.76. The van der Waals surface area contributed by atoms with Gasteiger partial charge in [-0.3, -0.25) is 14.2 Å². The number of amides is 1. The second-order valence-corrected chi connectivity index (χ2v) is 5.85. The highest BCUT2D eigenvalue weighted by Gasteiger charge is 2.15. The number of nitrogens with one attached hydrogen (secondary N) is 2. The fourth-order valence-electron chi connectivity index (χ4n) is 2.11. The number of halogens is 1. The van der Waals surface area contributed by atoms with Crippen molar-refractivity contribution >= 4 is 27.5 Å². The van der Waals surface area contributed by atoms with Crippen LogP contribution in [0.1, 0.15) is 16.1 Å². The van der Waals surface area contributed by atoms with Crippen molar-refractivity contribution in [2.45, 2.75) is 6.54 Å². The van der Waals surface area contributed by atoms with Gasteiger partial charge in [-0.15, -0.1) is 0 Å². The van der Waals surface area contributed by atoms with E-state index in [1.807, 2.05) is 0 Å². The van der Waals surface area contributed by atoms with Gasteiger partial charge in [0.15, 0.2) is 0 Å². The van der Waals surface area contributed by atoms with Crippen molar-refractivity contribution in [1.82, 2.24) is 9.55 Å². The zero-order valence-corrected chi connectivity index (χ0v) is 13.9. The Kier molecular flexibility index (Phi) is 4.48. The zero-order chi connectivity index (χ0) is 17.1. The van der Waals surface area contributed by atoms with E-state index in [-0.39, 0.29) is 12.1 Å². The minimum atomic E-state index is -0.690. The largest absolute Gasteiger partial charge is 0.467 e. The predicted molar refractivity (Wildman–Crippen MR) is 91.2 cm³/mol. The molecule has 3 aromatic rings. The first-order chi connectivity index (χ1) is 11.5. The van der Waals surface area contributed by atoms with E-state index in [2.05, 4.69) is 26.2 Å². The molecule has 0 unspecified atom stereocenters. The van der Waals surface area contributed by atoms with E-state index >= 15 is 0 Å².